The minimum Gasteiger partial charge on any atom is -0.394 e. The van der Waals surface area contributed by atoms with E-state index in [1.54, 1.807) is 14.1 Å². The van der Waals surface area contributed by atoms with E-state index in [0.717, 1.165) is 0 Å². The second kappa shape index (κ2) is 14.4. The topological polar surface area (TPSA) is 282 Å². The van der Waals surface area contributed by atoms with E-state index in [2.05, 4.69) is 16.0 Å². The molecule has 240 valence electrons. The fourth-order valence-electron chi connectivity index (χ4n) is 6.07. The molecule has 3 saturated heterocycles. The summed E-state index contributed by atoms with van der Waals surface area (Å²) in [6, 6.07) is -3.48. The van der Waals surface area contributed by atoms with E-state index < -0.39 is 111 Å². The van der Waals surface area contributed by atoms with Crippen LogP contribution < -0.4 is 33.2 Å². The molecule has 0 aromatic heterocycles. The van der Waals surface area contributed by atoms with E-state index in [1.807, 2.05) is 0 Å². The van der Waals surface area contributed by atoms with Crippen LogP contribution in [0.4, 0.5) is 0 Å². The van der Waals surface area contributed by atoms with Crippen LogP contribution in [-0.4, -0.2) is 162 Å². The summed E-state index contributed by atoms with van der Waals surface area (Å²) in [6.45, 7) is -0.137. The molecule has 3 aliphatic heterocycles. The first kappa shape index (κ1) is 33.2. The summed E-state index contributed by atoms with van der Waals surface area (Å²) < 4.78 is 29.9. The van der Waals surface area contributed by atoms with Gasteiger partial charge >= 0.3 is 0 Å². The van der Waals surface area contributed by atoms with Crippen LogP contribution in [-0.2, 0) is 23.7 Å². The lowest BCUT2D eigenvalue weighted by molar-refractivity contribution is -0.368. The number of ether oxygens (including phenoxy) is 5. The lowest BCUT2D eigenvalue weighted by atomic mass is 9.84. The van der Waals surface area contributed by atoms with Crippen molar-refractivity contribution in [2.75, 3.05) is 27.2 Å². The van der Waals surface area contributed by atoms with Gasteiger partial charge in [0.05, 0.1) is 37.0 Å². The second-order valence-corrected chi connectivity index (χ2v) is 11.4. The number of rotatable bonds is 10. The van der Waals surface area contributed by atoms with Crippen LogP contribution in [0.1, 0.15) is 19.3 Å². The summed E-state index contributed by atoms with van der Waals surface area (Å²) in [5, 5.41) is 71.3. The molecule has 1 saturated carbocycles. The number of aliphatic hydroxyl groups is 6. The van der Waals surface area contributed by atoms with Gasteiger partial charge in [-0.05, 0) is 33.4 Å². The Morgan fingerprint density at radius 2 is 1.56 bits per heavy atom. The van der Waals surface area contributed by atoms with Crippen LogP contribution in [0.25, 0.3) is 0 Å². The van der Waals surface area contributed by atoms with Crippen molar-refractivity contribution < 1.29 is 54.3 Å². The summed E-state index contributed by atoms with van der Waals surface area (Å²) in [4.78, 5) is 0. The number of nitrogens with one attached hydrogen (secondary N) is 3. The summed E-state index contributed by atoms with van der Waals surface area (Å²) >= 11 is 0. The molecule has 17 heteroatoms. The van der Waals surface area contributed by atoms with Crippen molar-refractivity contribution >= 4 is 0 Å². The van der Waals surface area contributed by atoms with E-state index in [0.29, 0.717) is 0 Å². The van der Waals surface area contributed by atoms with Gasteiger partial charge in [-0.15, -0.1) is 0 Å². The Bertz CT molecular complexity index is 822. The molecule has 17 nitrogen and oxygen atoms in total. The van der Waals surface area contributed by atoms with E-state index in [9.17, 15) is 30.6 Å². The Morgan fingerprint density at radius 3 is 2.22 bits per heavy atom. The zero-order chi connectivity index (χ0) is 30.0. The van der Waals surface area contributed by atoms with Gasteiger partial charge in [0, 0.05) is 24.7 Å². The fourth-order valence-corrected chi connectivity index (χ4v) is 6.07. The molecule has 0 amide bonds. The molecule has 4 aliphatic rings. The average Bonchev–Trinajstić information content (AvgIpc) is 2.92. The van der Waals surface area contributed by atoms with Gasteiger partial charge in [-0.2, -0.15) is 0 Å². The Kier molecular flexibility index (Phi) is 11.7. The fraction of sp³-hybridized carbons (Fsp3) is 1.00. The van der Waals surface area contributed by atoms with Crippen molar-refractivity contribution in [2.24, 2.45) is 17.2 Å². The number of hydrogen-bond donors (Lipinski definition) is 12. The lowest BCUT2D eigenvalue weighted by Crippen LogP contribution is -2.69. The first-order chi connectivity index (χ1) is 19.5. The number of aliphatic hydroxyl groups excluding tert-OH is 6. The SMILES string of the molecule is CNCC(O)N[C@H]1CC(O)[C@@H](OC2O[C@H]3CC(N)[C@@H](O[C@@H]4C(N)C[C@@H](N)C(O)[C@H]4O)OC3C(O)C2NC)OC1CO. The predicted octanol–water partition coefficient (Wildman–Crippen LogP) is -6.75. The molecule has 0 aromatic carbocycles. The van der Waals surface area contributed by atoms with E-state index in [4.69, 9.17) is 40.9 Å². The molecule has 4 rings (SSSR count). The number of hydrogen-bond acceptors (Lipinski definition) is 17. The molecule has 4 fully saturated rings. The normalized spacial score (nSPS) is 49.8. The zero-order valence-electron chi connectivity index (χ0n) is 23.3. The Balaban J connectivity index is 1.39. The molecule has 15 N–H and O–H groups in total. The number of fused-ring (bicyclic) bond motifs is 1. The van der Waals surface area contributed by atoms with Crippen molar-refractivity contribution in [2.45, 2.75) is 123 Å². The maximum atomic E-state index is 11.2. The van der Waals surface area contributed by atoms with Gasteiger partial charge in [0.1, 0.15) is 36.7 Å². The largest absolute Gasteiger partial charge is 0.394 e. The molecule has 41 heavy (non-hydrogen) atoms. The highest BCUT2D eigenvalue weighted by Crippen LogP contribution is 2.35. The summed E-state index contributed by atoms with van der Waals surface area (Å²) in [5.74, 6) is 0. The molecule has 17 atom stereocenters. The van der Waals surface area contributed by atoms with Crippen molar-refractivity contribution in [1.29, 1.82) is 0 Å². The summed E-state index contributed by atoms with van der Waals surface area (Å²) in [7, 11) is 3.28. The van der Waals surface area contributed by atoms with Crippen LogP contribution >= 0.6 is 0 Å². The van der Waals surface area contributed by atoms with Crippen LogP contribution in [0.5, 0.6) is 0 Å². The van der Waals surface area contributed by atoms with Gasteiger partial charge in [0.25, 0.3) is 0 Å². The minimum absolute atomic E-state index is 0.115. The van der Waals surface area contributed by atoms with Crippen molar-refractivity contribution in [3.63, 3.8) is 0 Å². The van der Waals surface area contributed by atoms with Crippen LogP contribution in [0.3, 0.4) is 0 Å². The van der Waals surface area contributed by atoms with Gasteiger partial charge in [-0.25, -0.2) is 0 Å². The number of nitrogens with two attached hydrogens (primary N) is 3. The van der Waals surface area contributed by atoms with E-state index >= 15 is 0 Å². The molecule has 0 aromatic rings. The maximum Gasteiger partial charge on any atom is 0.187 e. The van der Waals surface area contributed by atoms with Crippen molar-refractivity contribution in [3.05, 3.63) is 0 Å². The number of likely N-dealkylation sites (N-methyl/N-ethyl adjacent to an activating group) is 2. The molecule has 0 radical (unpaired) electrons. The quantitative estimate of drug-likeness (QED) is 0.104. The molecule has 0 bridgehead atoms. The van der Waals surface area contributed by atoms with Crippen molar-refractivity contribution in [1.82, 2.24) is 16.0 Å². The monoisotopic (exact) mass is 596 g/mol. The Morgan fingerprint density at radius 1 is 0.829 bits per heavy atom. The molecular weight excluding hydrogens is 548 g/mol. The second-order valence-electron chi connectivity index (χ2n) is 11.4. The highest BCUT2D eigenvalue weighted by molar-refractivity contribution is 5.01. The van der Waals surface area contributed by atoms with Crippen molar-refractivity contribution in [3.8, 4) is 0 Å². The minimum atomic E-state index is -1.34. The Hall–Kier alpha value is -0.680. The van der Waals surface area contributed by atoms with Crippen LogP contribution in [0, 0.1) is 0 Å². The molecular formula is C24H48N6O11. The van der Waals surface area contributed by atoms with Crippen LogP contribution in [0.15, 0.2) is 0 Å². The standard InChI is InChI=1S/C24H48N6O11/c1-28-6-15(33)30-11-5-12(32)23(38-14(11)7-31)41-24-16(29-2)18(35)21-13(37-24)4-10(27)22(40-21)39-20-9(26)3-8(25)17(34)19(20)36/h8-24,28-36H,3-7,25-27H2,1-2H3/t8-,9?,10?,11+,12?,13+,14?,15?,16?,17?,18?,19-,20-,21?,22+,23-,24?/m1/s1. The molecule has 3 heterocycles. The van der Waals surface area contributed by atoms with Gasteiger partial charge in [-0.3, -0.25) is 5.32 Å². The van der Waals surface area contributed by atoms with Gasteiger partial charge in [0.2, 0.25) is 0 Å². The molecule has 0 spiro atoms. The maximum absolute atomic E-state index is 11.2. The summed E-state index contributed by atoms with van der Waals surface area (Å²) in [5.41, 5.74) is 18.3. The highest BCUT2D eigenvalue weighted by Gasteiger charge is 2.53. The van der Waals surface area contributed by atoms with Gasteiger partial charge in [-0.1, -0.05) is 0 Å². The van der Waals surface area contributed by atoms with E-state index in [-0.39, 0.29) is 25.8 Å². The molecule has 10 unspecified atom stereocenters. The average molecular weight is 597 g/mol. The third-order valence-corrected chi connectivity index (χ3v) is 8.35. The zero-order valence-corrected chi connectivity index (χ0v) is 23.3. The Labute approximate surface area is 238 Å². The smallest absolute Gasteiger partial charge is 0.187 e. The van der Waals surface area contributed by atoms with Gasteiger partial charge < -0.3 is 82.2 Å². The highest BCUT2D eigenvalue weighted by atomic mass is 16.8. The van der Waals surface area contributed by atoms with Gasteiger partial charge in [0.15, 0.2) is 18.9 Å². The molecule has 1 aliphatic carbocycles. The first-order valence-electron chi connectivity index (χ1n) is 14.1. The third-order valence-electron chi connectivity index (χ3n) is 8.35. The van der Waals surface area contributed by atoms with E-state index in [1.165, 1.54) is 0 Å². The summed E-state index contributed by atoms with van der Waals surface area (Å²) in [6.07, 6.45) is -12.0. The lowest BCUT2D eigenvalue weighted by Gasteiger charge is -2.51. The first-order valence-corrected chi connectivity index (χ1v) is 14.1. The third kappa shape index (κ3) is 7.35. The van der Waals surface area contributed by atoms with Crippen LogP contribution in [0.2, 0.25) is 0 Å². The predicted molar refractivity (Wildman–Crippen MR) is 141 cm³/mol.